The first-order valence-electron chi connectivity index (χ1n) is 12.6. The predicted octanol–water partition coefficient (Wildman–Crippen LogP) is 9.37. The number of amides is 1. The van der Waals surface area contributed by atoms with Gasteiger partial charge in [0.05, 0.1) is 30.3 Å². The molecule has 0 aromatic heterocycles. The highest BCUT2D eigenvalue weighted by Gasteiger charge is 2.40. The quantitative estimate of drug-likeness (QED) is 0.257. The van der Waals surface area contributed by atoms with Crippen LogP contribution in [0.5, 0.6) is 5.75 Å². The zero-order valence-electron chi connectivity index (χ0n) is 22.6. The number of ether oxygens (including phenoxy) is 2. The molecule has 1 aliphatic rings. The van der Waals surface area contributed by atoms with Gasteiger partial charge in [-0.3, -0.25) is 4.90 Å². The van der Waals surface area contributed by atoms with E-state index >= 15 is 0 Å². The first-order chi connectivity index (χ1) is 19.8. The summed E-state index contributed by atoms with van der Waals surface area (Å²) in [6, 6.07) is 5.87. The van der Waals surface area contributed by atoms with Crippen LogP contribution in [-0.2, 0) is 29.8 Å². The number of carbonyl (C=O) groups is 1. The van der Waals surface area contributed by atoms with Crippen LogP contribution in [0.4, 0.5) is 48.7 Å². The Morgan fingerprint density at radius 2 is 1.42 bits per heavy atom. The summed E-state index contributed by atoms with van der Waals surface area (Å²) in [6.07, 6.45) is -17.8. The van der Waals surface area contributed by atoms with Crippen LogP contribution in [0.15, 0.2) is 48.5 Å². The maximum absolute atomic E-state index is 14.7. The average Bonchev–Trinajstić information content (AvgIpc) is 3.26. The highest BCUT2D eigenvalue weighted by molar-refractivity contribution is 5.76. The lowest BCUT2D eigenvalue weighted by atomic mass is 9.92. The van der Waals surface area contributed by atoms with E-state index in [2.05, 4.69) is 0 Å². The molecule has 14 heteroatoms. The molecule has 1 atom stereocenters. The van der Waals surface area contributed by atoms with Gasteiger partial charge in [-0.15, -0.1) is 0 Å². The second kappa shape index (κ2) is 11.3. The Morgan fingerprint density at radius 1 is 0.837 bits per heavy atom. The molecule has 0 saturated carbocycles. The standard InChI is InChI=1S/C29H23F10NO3/c1-14(2)21-10-22(24(42-3)11-23(21)30)20-5-4-17(27(31,32)33)8-16(20)12-40-13-25(43-26(40)41)15-6-18(28(34,35)36)9-19(7-15)29(37,38)39/h4-11,14,25H,12-13H2,1-3H3/t25-/m1/s1. The number of cyclic esters (lactones) is 1. The van der Waals surface area contributed by atoms with Gasteiger partial charge in [0, 0.05) is 18.2 Å². The SMILES string of the molecule is COc1cc(F)c(C(C)C)cc1-c1ccc(C(F)(F)F)cc1CN1C[C@H](c2cc(C(F)(F)F)cc(C(F)(F)F)c2)OC1=O. The van der Waals surface area contributed by atoms with Crippen LogP contribution >= 0.6 is 0 Å². The van der Waals surface area contributed by atoms with E-state index in [1.165, 1.54) is 13.2 Å². The lowest BCUT2D eigenvalue weighted by Crippen LogP contribution is -2.24. The fraction of sp³-hybridized carbons (Fsp3) is 0.345. The van der Waals surface area contributed by atoms with Crippen molar-refractivity contribution in [2.75, 3.05) is 13.7 Å². The molecule has 0 N–H and O–H groups in total. The second-order valence-corrected chi connectivity index (χ2v) is 10.2. The van der Waals surface area contributed by atoms with Gasteiger partial charge in [-0.1, -0.05) is 19.9 Å². The van der Waals surface area contributed by atoms with Crippen molar-refractivity contribution in [1.82, 2.24) is 4.90 Å². The van der Waals surface area contributed by atoms with Gasteiger partial charge < -0.3 is 9.47 Å². The van der Waals surface area contributed by atoms with Crippen LogP contribution in [-0.4, -0.2) is 24.6 Å². The third-order valence-electron chi connectivity index (χ3n) is 6.89. The third kappa shape index (κ3) is 6.83. The summed E-state index contributed by atoms with van der Waals surface area (Å²) in [5.74, 6) is -0.964. The molecule has 43 heavy (non-hydrogen) atoms. The van der Waals surface area contributed by atoms with Gasteiger partial charge >= 0.3 is 24.6 Å². The largest absolute Gasteiger partial charge is 0.496 e. The first-order valence-corrected chi connectivity index (χ1v) is 12.6. The minimum atomic E-state index is -5.14. The molecule has 0 aliphatic carbocycles. The smallest absolute Gasteiger partial charge is 0.416 e. The van der Waals surface area contributed by atoms with Gasteiger partial charge in [0.1, 0.15) is 17.7 Å². The number of benzene rings is 3. The minimum Gasteiger partial charge on any atom is -0.496 e. The molecule has 1 fully saturated rings. The monoisotopic (exact) mass is 623 g/mol. The van der Waals surface area contributed by atoms with E-state index < -0.39 is 71.9 Å². The molecule has 1 saturated heterocycles. The van der Waals surface area contributed by atoms with Gasteiger partial charge in [-0.2, -0.15) is 39.5 Å². The molecule has 4 rings (SSSR count). The molecule has 3 aromatic rings. The Balaban J connectivity index is 1.77. The Kier molecular flexibility index (Phi) is 8.37. The number of carbonyl (C=O) groups excluding carboxylic acids is 1. The number of rotatable bonds is 6. The van der Waals surface area contributed by atoms with E-state index in [0.717, 1.165) is 29.2 Å². The molecular weight excluding hydrogens is 600 g/mol. The van der Waals surface area contributed by atoms with Gasteiger partial charge in [0.25, 0.3) is 0 Å². The van der Waals surface area contributed by atoms with E-state index in [1.54, 1.807) is 13.8 Å². The first kappa shape index (κ1) is 32.0. The molecule has 1 amide bonds. The molecule has 232 valence electrons. The summed E-state index contributed by atoms with van der Waals surface area (Å²) in [7, 11) is 1.23. The fourth-order valence-electron chi connectivity index (χ4n) is 4.74. The van der Waals surface area contributed by atoms with Crippen LogP contribution in [0, 0.1) is 5.82 Å². The number of hydrogen-bond acceptors (Lipinski definition) is 3. The van der Waals surface area contributed by atoms with Crippen molar-refractivity contribution in [3.05, 3.63) is 87.7 Å². The number of halogens is 10. The molecule has 0 unspecified atom stereocenters. The van der Waals surface area contributed by atoms with Crippen LogP contribution < -0.4 is 4.74 Å². The molecule has 0 bridgehead atoms. The normalized spacial score (nSPS) is 16.2. The Hall–Kier alpha value is -3.97. The summed E-state index contributed by atoms with van der Waals surface area (Å²) in [6.45, 7) is 2.25. The van der Waals surface area contributed by atoms with Crippen LogP contribution in [0.3, 0.4) is 0 Å². The highest BCUT2D eigenvalue weighted by Crippen LogP contribution is 2.42. The summed E-state index contributed by atoms with van der Waals surface area (Å²) in [4.78, 5) is 13.6. The van der Waals surface area contributed by atoms with Crippen molar-refractivity contribution < 1.29 is 58.2 Å². The molecular formula is C29H23F10NO3. The number of alkyl halides is 9. The maximum atomic E-state index is 14.7. The van der Waals surface area contributed by atoms with Crippen LogP contribution in [0.1, 0.15) is 59.3 Å². The lowest BCUT2D eigenvalue weighted by Gasteiger charge is -2.21. The summed E-state index contributed by atoms with van der Waals surface area (Å²) in [5, 5.41) is 0. The Morgan fingerprint density at radius 3 is 1.93 bits per heavy atom. The van der Waals surface area contributed by atoms with E-state index in [0.29, 0.717) is 12.1 Å². The second-order valence-electron chi connectivity index (χ2n) is 10.2. The van der Waals surface area contributed by atoms with Gasteiger partial charge in [-0.25, -0.2) is 9.18 Å². The van der Waals surface area contributed by atoms with E-state index in [4.69, 9.17) is 9.47 Å². The lowest BCUT2D eigenvalue weighted by molar-refractivity contribution is -0.143. The fourth-order valence-corrected chi connectivity index (χ4v) is 4.74. The highest BCUT2D eigenvalue weighted by atomic mass is 19.4. The topological polar surface area (TPSA) is 38.8 Å². The Bertz CT molecular complexity index is 1490. The zero-order valence-corrected chi connectivity index (χ0v) is 22.6. The van der Waals surface area contributed by atoms with Crippen molar-refractivity contribution in [2.45, 2.75) is 50.9 Å². The third-order valence-corrected chi connectivity index (χ3v) is 6.89. The van der Waals surface area contributed by atoms with E-state index in [9.17, 15) is 48.7 Å². The number of methoxy groups -OCH3 is 1. The van der Waals surface area contributed by atoms with Gasteiger partial charge in [-0.05, 0) is 64.6 Å². The summed E-state index contributed by atoms with van der Waals surface area (Å²) in [5.41, 5.74) is -4.46. The summed E-state index contributed by atoms with van der Waals surface area (Å²) >= 11 is 0. The van der Waals surface area contributed by atoms with Gasteiger partial charge in [0.15, 0.2) is 0 Å². The molecule has 3 aromatic carbocycles. The van der Waals surface area contributed by atoms with E-state index in [-0.39, 0.29) is 40.0 Å². The van der Waals surface area contributed by atoms with Crippen molar-refractivity contribution in [3.63, 3.8) is 0 Å². The van der Waals surface area contributed by atoms with Crippen LogP contribution in [0.25, 0.3) is 11.1 Å². The maximum Gasteiger partial charge on any atom is 0.416 e. The number of hydrogen-bond donors (Lipinski definition) is 0. The molecule has 0 radical (unpaired) electrons. The molecule has 1 heterocycles. The minimum absolute atomic E-state index is 0.0200. The van der Waals surface area contributed by atoms with Crippen LogP contribution in [0.2, 0.25) is 0 Å². The molecule has 0 spiro atoms. The number of nitrogens with zero attached hydrogens (tertiary/aromatic N) is 1. The van der Waals surface area contributed by atoms with Crippen molar-refractivity contribution in [3.8, 4) is 16.9 Å². The van der Waals surface area contributed by atoms with Crippen molar-refractivity contribution in [2.24, 2.45) is 0 Å². The van der Waals surface area contributed by atoms with E-state index in [1.807, 2.05) is 0 Å². The Labute approximate surface area is 238 Å². The van der Waals surface area contributed by atoms with Crippen molar-refractivity contribution in [1.29, 1.82) is 0 Å². The average molecular weight is 623 g/mol. The van der Waals surface area contributed by atoms with Crippen molar-refractivity contribution >= 4 is 6.09 Å². The molecule has 1 aliphatic heterocycles. The van der Waals surface area contributed by atoms with Gasteiger partial charge in [0.2, 0.25) is 0 Å². The molecule has 4 nitrogen and oxygen atoms in total. The zero-order chi connectivity index (χ0) is 32.1. The summed E-state index contributed by atoms with van der Waals surface area (Å²) < 4.78 is 146. The predicted molar refractivity (Wildman–Crippen MR) is 134 cm³/mol.